The van der Waals surface area contributed by atoms with Gasteiger partial charge in [0.15, 0.2) is 0 Å². The number of fused-ring (bicyclic) bond motifs is 3. The molecule has 25 heavy (non-hydrogen) atoms. The molecule has 0 radical (unpaired) electrons. The van der Waals surface area contributed by atoms with Crippen molar-refractivity contribution >= 4 is 0 Å². The lowest BCUT2D eigenvalue weighted by molar-refractivity contribution is 0.118. The highest BCUT2D eigenvalue weighted by molar-refractivity contribution is 5.40. The first-order valence-electron chi connectivity index (χ1n) is 8.59. The molecule has 132 valence electrons. The van der Waals surface area contributed by atoms with Crippen LogP contribution in [0.15, 0.2) is 42.5 Å². The van der Waals surface area contributed by atoms with Gasteiger partial charge in [0.2, 0.25) is 0 Å². The topological polar surface area (TPSA) is 41.9 Å². The summed E-state index contributed by atoms with van der Waals surface area (Å²) in [6.07, 6.45) is 0. The molecule has 2 aliphatic rings. The minimum atomic E-state index is -0.250. The predicted octanol–water partition coefficient (Wildman–Crippen LogP) is 3.01. The third-order valence-corrected chi connectivity index (χ3v) is 5.37. The van der Waals surface area contributed by atoms with E-state index >= 15 is 0 Å². The number of aliphatic hydroxyl groups excluding tert-OH is 1. The molecule has 0 saturated carbocycles. The average molecular weight is 343 g/mol. The second-order valence-electron chi connectivity index (χ2n) is 6.82. The van der Waals surface area contributed by atoms with Crippen LogP contribution in [-0.2, 0) is 6.54 Å². The van der Waals surface area contributed by atoms with Crippen LogP contribution in [0.4, 0.5) is 4.39 Å². The van der Waals surface area contributed by atoms with Crippen molar-refractivity contribution in [3.8, 4) is 11.5 Å². The first kappa shape index (κ1) is 16.4. The second kappa shape index (κ2) is 6.65. The number of benzene rings is 2. The summed E-state index contributed by atoms with van der Waals surface area (Å²) in [4.78, 5) is 2.33. The highest BCUT2D eigenvalue weighted by Crippen LogP contribution is 2.47. The van der Waals surface area contributed by atoms with Crippen molar-refractivity contribution in [3.05, 3.63) is 59.4 Å². The fourth-order valence-corrected chi connectivity index (χ4v) is 4.12. The van der Waals surface area contributed by atoms with Gasteiger partial charge in [-0.1, -0.05) is 12.1 Å². The minimum Gasteiger partial charge on any atom is -0.497 e. The number of nitrogens with zero attached hydrogens (tertiary/aromatic N) is 1. The van der Waals surface area contributed by atoms with E-state index < -0.39 is 0 Å². The number of methoxy groups -OCH3 is 1. The maximum Gasteiger partial charge on any atom is 0.124 e. The zero-order valence-corrected chi connectivity index (χ0v) is 14.2. The van der Waals surface area contributed by atoms with E-state index in [-0.39, 0.29) is 30.3 Å². The molecule has 0 aromatic heterocycles. The van der Waals surface area contributed by atoms with Gasteiger partial charge < -0.3 is 14.6 Å². The van der Waals surface area contributed by atoms with E-state index in [2.05, 4.69) is 4.90 Å². The van der Waals surface area contributed by atoms with Gasteiger partial charge in [0, 0.05) is 43.1 Å². The summed E-state index contributed by atoms with van der Waals surface area (Å²) >= 11 is 0. The molecule has 4 nitrogen and oxygen atoms in total. The fourth-order valence-electron chi connectivity index (χ4n) is 4.12. The summed E-state index contributed by atoms with van der Waals surface area (Å²) in [7, 11) is 1.65. The van der Waals surface area contributed by atoms with Gasteiger partial charge >= 0.3 is 0 Å². The number of aliphatic hydroxyl groups is 1. The van der Waals surface area contributed by atoms with Gasteiger partial charge in [0.05, 0.1) is 13.7 Å². The maximum atomic E-state index is 13.8. The standard InChI is InChI=1S/C20H22FNO3/c1-24-16-5-2-13(3-6-16)9-22-10-14(11-23)18-12-25-19-7-4-15(21)8-17(19)20(18)22/h2-8,14,18,20,23H,9-12H2,1H3/t14-,18-,20-/m0/s1. The van der Waals surface area contributed by atoms with Crippen LogP contribution < -0.4 is 9.47 Å². The van der Waals surface area contributed by atoms with Gasteiger partial charge in [0.25, 0.3) is 0 Å². The molecule has 0 amide bonds. The van der Waals surface area contributed by atoms with Crippen molar-refractivity contribution in [2.24, 2.45) is 11.8 Å². The highest BCUT2D eigenvalue weighted by atomic mass is 19.1. The zero-order valence-electron chi connectivity index (χ0n) is 14.2. The maximum absolute atomic E-state index is 13.8. The van der Waals surface area contributed by atoms with Crippen molar-refractivity contribution in [1.29, 1.82) is 0 Å². The highest BCUT2D eigenvalue weighted by Gasteiger charge is 2.45. The summed E-state index contributed by atoms with van der Waals surface area (Å²) in [5.41, 5.74) is 2.06. The lowest BCUT2D eigenvalue weighted by atomic mass is 9.85. The second-order valence-corrected chi connectivity index (χ2v) is 6.82. The van der Waals surface area contributed by atoms with Crippen LogP contribution in [0.2, 0.25) is 0 Å². The molecule has 2 aromatic carbocycles. The molecule has 1 N–H and O–H groups in total. The van der Waals surface area contributed by atoms with E-state index in [1.165, 1.54) is 11.6 Å². The van der Waals surface area contributed by atoms with Crippen LogP contribution in [-0.4, -0.2) is 36.9 Å². The normalized spacial score (nSPS) is 25.2. The van der Waals surface area contributed by atoms with Gasteiger partial charge in [-0.15, -0.1) is 0 Å². The molecule has 0 spiro atoms. The van der Waals surface area contributed by atoms with E-state index in [0.717, 1.165) is 30.2 Å². The van der Waals surface area contributed by atoms with Crippen LogP contribution >= 0.6 is 0 Å². The Hall–Kier alpha value is -2.11. The van der Waals surface area contributed by atoms with E-state index in [0.29, 0.717) is 6.61 Å². The lowest BCUT2D eigenvalue weighted by Gasteiger charge is -2.34. The van der Waals surface area contributed by atoms with E-state index in [1.54, 1.807) is 19.2 Å². The average Bonchev–Trinajstić information content (AvgIpc) is 3.00. The smallest absolute Gasteiger partial charge is 0.124 e. The largest absolute Gasteiger partial charge is 0.497 e. The molecule has 1 fully saturated rings. The Labute approximate surface area is 146 Å². The van der Waals surface area contributed by atoms with Crippen molar-refractivity contribution < 1.29 is 19.0 Å². The summed E-state index contributed by atoms with van der Waals surface area (Å²) in [5, 5.41) is 9.79. The Morgan fingerprint density at radius 2 is 2.04 bits per heavy atom. The molecular formula is C20H22FNO3. The van der Waals surface area contributed by atoms with E-state index in [4.69, 9.17) is 9.47 Å². The first-order chi connectivity index (χ1) is 12.2. The molecule has 3 atom stereocenters. The molecule has 0 unspecified atom stereocenters. The Kier molecular flexibility index (Phi) is 4.36. The van der Waals surface area contributed by atoms with Crippen LogP contribution in [0.5, 0.6) is 11.5 Å². The van der Waals surface area contributed by atoms with Gasteiger partial charge in [-0.3, -0.25) is 4.90 Å². The SMILES string of the molecule is COc1ccc(CN2C[C@@H](CO)[C@@H]3COc4ccc(F)cc4[C@@H]32)cc1. The number of hydrogen-bond donors (Lipinski definition) is 1. The molecule has 5 heteroatoms. The molecule has 1 saturated heterocycles. The monoisotopic (exact) mass is 343 g/mol. The minimum absolute atomic E-state index is 0.0682. The molecule has 0 aliphatic carbocycles. The number of rotatable bonds is 4. The van der Waals surface area contributed by atoms with Gasteiger partial charge in [0.1, 0.15) is 17.3 Å². The Morgan fingerprint density at radius 3 is 2.76 bits per heavy atom. The molecule has 4 rings (SSSR count). The third kappa shape index (κ3) is 2.98. The van der Waals surface area contributed by atoms with Crippen LogP contribution in [0.1, 0.15) is 17.2 Å². The Bertz CT molecular complexity index is 749. The van der Waals surface area contributed by atoms with Gasteiger partial charge in [-0.05, 0) is 35.9 Å². The summed E-state index contributed by atoms with van der Waals surface area (Å²) in [6.45, 7) is 2.21. The van der Waals surface area contributed by atoms with Crippen molar-refractivity contribution in [2.75, 3.05) is 26.9 Å². The Morgan fingerprint density at radius 1 is 1.24 bits per heavy atom. The molecule has 2 aromatic rings. The van der Waals surface area contributed by atoms with Crippen LogP contribution in [0, 0.1) is 17.7 Å². The van der Waals surface area contributed by atoms with E-state index in [9.17, 15) is 9.50 Å². The number of hydrogen-bond acceptors (Lipinski definition) is 4. The van der Waals surface area contributed by atoms with E-state index in [1.807, 2.05) is 24.3 Å². The number of halogens is 1. The fraction of sp³-hybridized carbons (Fsp3) is 0.400. The predicted molar refractivity (Wildman–Crippen MR) is 92.1 cm³/mol. The van der Waals surface area contributed by atoms with Gasteiger partial charge in [-0.2, -0.15) is 0 Å². The zero-order chi connectivity index (χ0) is 17.4. The van der Waals surface area contributed by atoms with Crippen LogP contribution in [0.3, 0.4) is 0 Å². The number of ether oxygens (including phenoxy) is 2. The summed E-state index contributed by atoms with van der Waals surface area (Å²) < 4.78 is 24.9. The number of likely N-dealkylation sites (tertiary alicyclic amines) is 1. The molecular weight excluding hydrogens is 321 g/mol. The lowest BCUT2D eigenvalue weighted by Crippen LogP contribution is -2.32. The molecule has 2 heterocycles. The molecule has 0 bridgehead atoms. The third-order valence-electron chi connectivity index (χ3n) is 5.37. The van der Waals surface area contributed by atoms with Crippen LogP contribution in [0.25, 0.3) is 0 Å². The van der Waals surface area contributed by atoms with Crippen molar-refractivity contribution in [1.82, 2.24) is 4.90 Å². The Balaban J connectivity index is 1.65. The quantitative estimate of drug-likeness (QED) is 0.927. The first-order valence-corrected chi connectivity index (χ1v) is 8.59. The van der Waals surface area contributed by atoms with Crippen molar-refractivity contribution in [2.45, 2.75) is 12.6 Å². The summed E-state index contributed by atoms with van der Waals surface area (Å²) in [5.74, 6) is 1.65. The molecule has 2 aliphatic heterocycles. The summed E-state index contributed by atoms with van der Waals surface area (Å²) in [6, 6.07) is 12.8. The van der Waals surface area contributed by atoms with Crippen molar-refractivity contribution in [3.63, 3.8) is 0 Å². The van der Waals surface area contributed by atoms with Gasteiger partial charge in [-0.25, -0.2) is 4.39 Å².